The number of nitrogens with zero attached hydrogens (tertiary/aromatic N) is 1. The molecule has 0 bridgehead atoms. The van der Waals surface area contributed by atoms with Crippen molar-refractivity contribution in [3.05, 3.63) is 69.4 Å². The first-order chi connectivity index (χ1) is 9.95. The minimum absolute atomic E-state index is 0.0684. The first-order valence-corrected chi connectivity index (χ1v) is 7.18. The minimum atomic E-state index is -0.547. The Morgan fingerprint density at radius 3 is 2.38 bits per heavy atom. The first kappa shape index (κ1) is 15.4. The van der Waals surface area contributed by atoms with Gasteiger partial charge in [-0.2, -0.15) is 0 Å². The molecule has 0 fully saturated rings. The quantitative estimate of drug-likeness (QED) is 0.938. The third-order valence-corrected chi connectivity index (χ3v) is 3.95. The van der Waals surface area contributed by atoms with Gasteiger partial charge in [0.15, 0.2) is 0 Å². The van der Waals surface area contributed by atoms with E-state index in [-0.39, 0.29) is 17.4 Å². The van der Waals surface area contributed by atoms with E-state index in [1.165, 1.54) is 12.1 Å². The van der Waals surface area contributed by atoms with Crippen molar-refractivity contribution >= 4 is 0 Å². The standard InChI is InChI=1S/C17H21FN2O/c1-4-11(2)20-12(3)5-10-15(17(20)21)16(19)13-6-8-14(18)9-7-13/h5-11,16H,4,19H2,1-3H3. The normalized spacial score (nSPS) is 14.0. The lowest BCUT2D eigenvalue weighted by molar-refractivity contribution is 0.497. The molecule has 0 aliphatic carbocycles. The molecule has 0 spiro atoms. The molecule has 2 unspecified atom stereocenters. The summed E-state index contributed by atoms with van der Waals surface area (Å²) in [6.07, 6.45) is 0.871. The molecular weight excluding hydrogens is 267 g/mol. The highest BCUT2D eigenvalue weighted by Crippen LogP contribution is 2.19. The largest absolute Gasteiger partial charge is 0.320 e. The van der Waals surface area contributed by atoms with Gasteiger partial charge in [-0.25, -0.2) is 4.39 Å². The van der Waals surface area contributed by atoms with E-state index in [4.69, 9.17) is 5.73 Å². The molecule has 21 heavy (non-hydrogen) atoms. The van der Waals surface area contributed by atoms with E-state index in [1.807, 2.05) is 26.8 Å². The van der Waals surface area contributed by atoms with Crippen molar-refractivity contribution in [1.82, 2.24) is 4.57 Å². The van der Waals surface area contributed by atoms with Gasteiger partial charge in [0.2, 0.25) is 0 Å². The number of nitrogens with two attached hydrogens (primary N) is 1. The summed E-state index contributed by atoms with van der Waals surface area (Å²) in [6.45, 7) is 5.98. The fourth-order valence-corrected chi connectivity index (χ4v) is 2.48. The summed E-state index contributed by atoms with van der Waals surface area (Å²) in [6, 6.07) is 9.20. The van der Waals surface area contributed by atoms with Crippen molar-refractivity contribution < 1.29 is 4.39 Å². The monoisotopic (exact) mass is 288 g/mol. The Balaban J connectivity index is 2.49. The van der Waals surface area contributed by atoms with Crippen LogP contribution in [0.4, 0.5) is 4.39 Å². The van der Waals surface area contributed by atoms with Gasteiger partial charge in [0, 0.05) is 17.3 Å². The zero-order chi connectivity index (χ0) is 15.6. The highest BCUT2D eigenvalue weighted by molar-refractivity contribution is 5.31. The van der Waals surface area contributed by atoms with Crippen LogP contribution in [0.15, 0.2) is 41.2 Å². The number of halogens is 1. The molecule has 0 aliphatic heterocycles. The van der Waals surface area contributed by atoms with E-state index >= 15 is 0 Å². The SMILES string of the molecule is CCC(C)n1c(C)ccc(C(N)c2ccc(F)cc2)c1=O. The van der Waals surface area contributed by atoms with Crippen LogP contribution in [0, 0.1) is 12.7 Å². The summed E-state index contributed by atoms with van der Waals surface area (Å²) in [4.78, 5) is 12.7. The van der Waals surface area contributed by atoms with Gasteiger partial charge >= 0.3 is 0 Å². The maximum atomic E-state index is 13.0. The molecule has 0 aliphatic rings. The van der Waals surface area contributed by atoms with Crippen LogP contribution >= 0.6 is 0 Å². The van der Waals surface area contributed by atoms with E-state index < -0.39 is 6.04 Å². The molecule has 2 atom stereocenters. The second-order valence-electron chi connectivity index (χ2n) is 5.39. The van der Waals surface area contributed by atoms with E-state index in [0.29, 0.717) is 5.56 Å². The predicted molar refractivity (Wildman–Crippen MR) is 82.9 cm³/mol. The maximum absolute atomic E-state index is 13.0. The smallest absolute Gasteiger partial charge is 0.256 e. The van der Waals surface area contributed by atoms with Gasteiger partial charge < -0.3 is 10.3 Å². The molecule has 112 valence electrons. The molecule has 2 rings (SSSR count). The van der Waals surface area contributed by atoms with Gasteiger partial charge in [-0.1, -0.05) is 19.1 Å². The van der Waals surface area contributed by atoms with Crippen molar-refractivity contribution in [2.24, 2.45) is 5.73 Å². The Bertz CT molecular complexity index is 676. The summed E-state index contributed by atoms with van der Waals surface area (Å²) >= 11 is 0. The molecule has 4 heteroatoms. The van der Waals surface area contributed by atoms with Gasteiger partial charge in [-0.15, -0.1) is 0 Å². The van der Waals surface area contributed by atoms with Crippen LogP contribution < -0.4 is 11.3 Å². The van der Waals surface area contributed by atoms with Crippen LogP contribution in [-0.4, -0.2) is 4.57 Å². The third-order valence-electron chi connectivity index (χ3n) is 3.95. The van der Waals surface area contributed by atoms with Crippen molar-refractivity contribution in [2.75, 3.05) is 0 Å². The second kappa shape index (κ2) is 6.22. The van der Waals surface area contributed by atoms with Gasteiger partial charge in [-0.05, 0) is 50.1 Å². The Labute approximate surface area is 124 Å². The Hall–Kier alpha value is -1.94. The molecular formula is C17H21FN2O. The second-order valence-corrected chi connectivity index (χ2v) is 5.39. The summed E-state index contributed by atoms with van der Waals surface area (Å²) < 4.78 is 14.8. The van der Waals surface area contributed by atoms with Crippen molar-refractivity contribution in [3.8, 4) is 0 Å². The van der Waals surface area contributed by atoms with Crippen LogP contribution in [0.5, 0.6) is 0 Å². The van der Waals surface area contributed by atoms with Gasteiger partial charge in [0.25, 0.3) is 5.56 Å². The lowest BCUT2D eigenvalue weighted by Gasteiger charge is -2.20. The summed E-state index contributed by atoms with van der Waals surface area (Å²) in [5, 5.41) is 0. The zero-order valence-electron chi connectivity index (χ0n) is 12.6. The Kier molecular flexibility index (Phi) is 4.58. The summed E-state index contributed by atoms with van der Waals surface area (Å²) in [5.41, 5.74) is 8.31. The van der Waals surface area contributed by atoms with Crippen LogP contribution in [-0.2, 0) is 0 Å². The van der Waals surface area contributed by atoms with E-state index in [9.17, 15) is 9.18 Å². The van der Waals surface area contributed by atoms with Crippen molar-refractivity contribution in [1.29, 1.82) is 0 Å². The topological polar surface area (TPSA) is 48.0 Å². The van der Waals surface area contributed by atoms with Gasteiger partial charge in [0.05, 0.1) is 6.04 Å². The molecule has 0 saturated carbocycles. The van der Waals surface area contributed by atoms with Crippen LogP contribution in [0.3, 0.4) is 0 Å². The fraction of sp³-hybridized carbons (Fsp3) is 0.353. The first-order valence-electron chi connectivity index (χ1n) is 7.18. The Morgan fingerprint density at radius 2 is 1.81 bits per heavy atom. The van der Waals surface area contributed by atoms with Crippen LogP contribution in [0.2, 0.25) is 0 Å². The number of aryl methyl sites for hydroxylation is 1. The highest BCUT2D eigenvalue weighted by atomic mass is 19.1. The molecule has 1 aromatic heterocycles. The lowest BCUT2D eigenvalue weighted by atomic mass is 10.00. The number of benzene rings is 1. The van der Waals surface area contributed by atoms with Crippen molar-refractivity contribution in [3.63, 3.8) is 0 Å². The molecule has 0 amide bonds. The van der Waals surface area contributed by atoms with Crippen molar-refractivity contribution in [2.45, 2.75) is 39.3 Å². The number of hydrogen-bond acceptors (Lipinski definition) is 2. The number of aromatic nitrogens is 1. The third kappa shape index (κ3) is 3.05. The van der Waals surface area contributed by atoms with Crippen LogP contribution in [0.1, 0.15) is 49.2 Å². The predicted octanol–water partition coefficient (Wildman–Crippen LogP) is 3.31. The fourth-order valence-electron chi connectivity index (χ4n) is 2.48. The summed E-state index contributed by atoms with van der Waals surface area (Å²) in [5.74, 6) is -0.313. The van der Waals surface area contributed by atoms with Gasteiger partial charge in [-0.3, -0.25) is 4.79 Å². The lowest BCUT2D eigenvalue weighted by Crippen LogP contribution is -2.31. The average molecular weight is 288 g/mol. The van der Waals surface area contributed by atoms with E-state index in [2.05, 4.69) is 0 Å². The number of rotatable bonds is 4. The highest BCUT2D eigenvalue weighted by Gasteiger charge is 2.17. The average Bonchev–Trinajstić information content (AvgIpc) is 2.47. The Morgan fingerprint density at radius 1 is 1.19 bits per heavy atom. The minimum Gasteiger partial charge on any atom is -0.320 e. The van der Waals surface area contributed by atoms with Gasteiger partial charge in [0.1, 0.15) is 5.82 Å². The number of hydrogen-bond donors (Lipinski definition) is 1. The van der Waals surface area contributed by atoms with Crippen LogP contribution in [0.25, 0.3) is 0 Å². The van der Waals surface area contributed by atoms with E-state index in [0.717, 1.165) is 17.7 Å². The summed E-state index contributed by atoms with van der Waals surface area (Å²) in [7, 11) is 0. The molecule has 1 aromatic carbocycles. The maximum Gasteiger partial charge on any atom is 0.256 e. The number of pyridine rings is 1. The molecule has 3 nitrogen and oxygen atoms in total. The molecule has 1 heterocycles. The zero-order valence-corrected chi connectivity index (χ0v) is 12.6. The van der Waals surface area contributed by atoms with E-state index in [1.54, 1.807) is 22.8 Å². The molecule has 0 saturated heterocycles. The molecule has 2 N–H and O–H groups in total. The molecule has 0 radical (unpaired) electrons. The molecule has 2 aromatic rings.